The lowest BCUT2D eigenvalue weighted by molar-refractivity contribution is 0.0492. The lowest BCUT2D eigenvalue weighted by atomic mass is 10.2. The largest absolute Gasteiger partial charge is 0.444 e. The Morgan fingerprint density at radius 2 is 2.18 bits per heavy atom. The first kappa shape index (κ1) is 13.6. The van der Waals surface area contributed by atoms with Gasteiger partial charge in [0.2, 0.25) is 0 Å². The van der Waals surface area contributed by atoms with Crippen LogP contribution in [0.2, 0.25) is 0 Å². The number of rotatable bonds is 3. The lowest BCUT2D eigenvalue weighted by Crippen LogP contribution is -2.39. The zero-order valence-electron chi connectivity index (χ0n) is 10.5. The molecule has 1 heterocycles. The summed E-state index contributed by atoms with van der Waals surface area (Å²) >= 11 is 0. The van der Waals surface area contributed by atoms with Crippen LogP contribution in [-0.4, -0.2) is 41.0 Å². The van der Waals surface area contributed by atoms with Crippen LogP contribution in [0.25, 0.3) is 0 Å². The Balaban J connectivity index is 2.22. The van der Waals surface area contributed by atoms with E-state index < -0.39 is 17.9 Å². The maximum atomic E-state index is 11.3. The van der Waals surface area contributed by atoms with E-state index in [2.05, 4.69) is 5.32 Å². The summed E-state index contributed by atoms with van der Waals surface area (Å²) in [5.41, 5.74) is -0.489. The smallest absolute Gasteiger partial charge is 0.407 e. The monoisotopic (exact) mass is 240 g/mol. The molecule has 0 saturated heterocycles. The molecule has 2 N–H and O–H groups in total. The molecule has 0 aromatic carbocycles. The highest BCUT2D eigenvalue weighted by atomic mass is 16.6. The van der Waals surface area contributed by atoms with Crippen LogP contribution < -0.4 is 5.32 Å². The minimum absolute atomic E-state index is 0.421. The Morgan fingerprint density at radius 3 is 2.76 bits per heavy atom. The van der Waals surface area contributed by atoms with Gasteiger partial charge >= 0.3 is 6.09 Å². The molecule has 1 aliphatic heterocycles. The Morgan fingerprint density at radius 1 is 1.47 bits per heavy atom. The average molecular weight is 240 g/mol. The third-order valence-electron chi connectivity index (χ3n) is 2.05. The highest BCUT2D eigenvalue weighted by Crippen LogP contribution is 2.07. The Labute approximate surface area is 102 Å². The Bertz CT molecular complexity index is 318. The molecule has 0 bridgehead atoms. The first-order chi connectivity index (χ1) is 7.88. The first-order valence-electron chi connectivity index (χ1n) is 5.64. The molecule has 0 saturated carbocycles. The molecule has 17 heavy (non-hydrogen) atoms. The molecule has 1 rings (SSSR count). The second-order valence-corrected chi connectivity index (χ2v) is 4.81. The minimum Gasteiger partial charge on any atom is -0.444 e. The molecule has 0 aromatic rings. The molecular weight excluding hydrogens is 220 g/mol. The highest BCUT2D eigenvalue weighted by Gasteiger charge is 2.16. The third kappa shape index (κ3) is 5.40. The number of aliphatic hydroxyl groups is 1. The van der Waals surface area contributed by atoms with Crippen LogP contribution in [0.3, 0.4) is 0 Å². The summed E-state index contributed by atoms with van der Waals surface area (Å²) in [7, 11) is 0. The van der Waals surface area contributed by atoms with Crippen molar-refractivity contribution >= 4 is 6.09 Å². The summed E-state index contributed by atoms with van der Waals surface area (Å²) in [5.74, 6) is 0. The molecule has 0 aliphatic carbocycles. The van der Waals surface area contributed by atoms with E-state index in [1.54, 1.807) is 23.3 Å². The summed E-state index contributed by atoms with van der Waals surface area (Å²) in [4.78, 5) is 13.1. The van der Waals surface area contributed by atoms with E-state index >= 15 is 0 Å². The van der Waals surface area contributed by atoms with Crippen molar-refractivity contribution in [3.05, 3.63) is 24.4 Å². The van der Waals surface area contributed by atoms with Gasteiger partial charge in [0.25, 0.3) is 0 Å². The Kier molecular flexibility index (Phi) is 4.57. The van der Waals surface area contributed by atoms with Gasteiger partial charge in [-0.1, -0.05) is 6.08 Å². The van der Waals surface area contributed by atoms with Gasteiger partial charge < -0.3 is 20.1 Å². The van der Waals surface area contributed by atoms with Gasteiger partial charge in [0.15, 0.2) is 0 Å². The number of hydrogen-bond acceptors (Lipinski definition) is 4. The van der Waals surface area contributed by atoms with Crippen molar-refractivity contribution < 1.29 is 14.6 Å². The summed E-state index contributed by atoms with van der Waals surface area (Å²) in [5, 5.41) is 12.2. The number of hydrogen-bond donors (Lipinski definition) is 2. The predicted molar refractivity (Wildman–Crippen MR) is 65.2 cm³/mol. The third-order valence-corrected chi connectivity index (χ3v) is 2.05. The number of carbonyl (C=O) groups excluding carboxylic acids is 1. The van der Waals surface area contributed by atoms with Gasteiger partial charge in [0.1, 0.15) is 11.8 Å². The van der Waals surface area contributed by atoms with Crippen molar-refractivity contribution in [3.8, 4) is 0 Å². The fraction of sp³-hybridized carbons (Fsp3) is 0.583. The zero-order chi connectivity index (χ0) is 12.9. The van der Waals surface area contributed by atoms with E-state index in [0.717, 1.165) is 0 Å². The van der Waals surface area contributed by atoms with Crippen molar-refractivity contribution in [2.75, 3.05) is 13.1 Å². The second-order valence-electron chi connectivity index (χ2n) is 4.81. The van der Waals surface area contributed by atoms with Gasteiger partial charge in [-0.05, 0) is 32.9 Å². The standard InChI is InChI=1S/C12H20N2O3/c1-12(2,3)17-11(16)13-7-9-14-8-5-4-6-10(14)15/h4-6,8,10,15H,7,9H2,1-3H3,(H,13,16). The highest BCUT2D eigenvalue weighted by molar-refractivity contribution is 5.67. The average Bonchev–Trinajstić information content (AvgIpc) is 2.18. The van der Waals surface area contributed by atoms with Crippen LogP contribution in [0.15, 0.2) is 24.4 Å². The SMILES string of the molecule is CC(C)(C)OC(=O)NCCN1C=CC=CC1O. The second kappa shape index (κ2) is 5.72. The topological polar surface area (TPSA) is 61.8 Å². The summed E-state index contributed by atoms with van der Waals surface area (Å²) in [6, 6.07) is 0. The summed E-state index contributed by atoms with van der Waals surface area (Å²) in [6.45, 7) is 6.39. The van der Waals surface area contributed by atoms with E-state index in [1.165, 1.54) is 0 Å². The van der Waals surface area contributed by atoms with Crippen molar-refractivity contribution in [2.45, 2.75) is 32.6 Å². The van der Waals surface area contributed by atoms with Crippen LogP contribution in [0.4, 0.5) is 4.79 Å². The quantitative estimate of drug-likeness (QED) is 0.778. The van der Waals surface area contributed by atoms with Crippen molar-refractivity contribution in [1.82, 2.24) is 10.2 Å². The van der Waals surface area contributed by atoms with Crippen LogP contribution in [0.5, 0.6) is 0 Å². The fourth-order valence-electron chi connectivity index (χ4n) is 1.33. The normalized spacial score (nSPS) is 19.3. The summed E-state index contributed by atoms with van der Waals surface area (Å²) < 4.78 is 5.09. The number of nitrogens with zero attached hydrogens (tertiary/aromatic N) is 1. The Hall–Kier alpha value is -1.49. The molecule has 1 aliphatic rings. The number of amides is 1. The molecule has 0 aromatic heterocycles. The number of carbonyl (C=O) groups is 1. The molecule has 96 valence electrons. The van der Waals surface area contributed by atoms with E-state index in [4.69, 9.17) is 4.74 Å². The molecule has 1 amide bonds. The lowest BCUT2D eigenvalue weighted by Gasteiger charge is -2.26. The molecule has 0 fully saturated rings. The predicted octanol–water partition coefficient (Wildman–Crippen LogP) is 1.22. The molecule has 0 radical (unpaired) electrons. The number of nitrogens with one attached hydrogen (secondary N) is 1. The van der Waals surface area contributed by atoms with Gasteiger partial charge in [0.05, 0.1) is 0 Å². The van der Waals surface area contributed by atoms with Gasteiger partial charge in [-0.3, -0.25) is 0 Å². The maximum absolute atomic E-state index is 11.3. The molecule has 1 atom stereocenters. The van der Waals surface area contributed by atoms with Crippen LogP contribution in [0.1, 0.15) is 20.8 Å². The fourth-order valence-corrected chi connectivity index (χ4v) is 1.33. The van der Waals surface area contributed by atoms with E-state index in [-0.39, 0.29) is 0 Å². The van der Waals surface area contributed by atoms with E-state index in [1.807, 2.05) is 26.8 Å². The van der Waals surface area contributed by atoms with Crippen LogP contribution in [0, 0.1) is 0 Å². The number of ether oxygens (including phenoxy) is 1. The zero-order valence-corrected chi connectivity index (χ0v) is 10.5. The molecule has 1 unspecified atom stereocenters. The number of alkyl carbamates (subject to hydrolysis) is 1. The van der Waals surface area contributed by atoms with Gasteiger partial charge in [-0.15, -0.1) is 0 Å². The van der Waals surface area contributed by atoms with Gasteiger partial charge in [-0.25, -0.2) is 4.79 Å². The van der Waals surface area contributed by atoms with E-state index in [9.17, 15) is 9.90 Å². The van der Waals surface area contributed by atoms with Gasteiger partial charge in [0, 0.05) is 19.3 Å². The first-order valence-corrected chi connectivity index (χ1v) is 5.64. The van der Waals surface area contributed by atoms with Gasteiger partial charge in [-0.2, -0.15) is 0 Å². The van der Waals surface area contributed by atoms with Crippen LogP contribution >= 0.6 is 0 Å². The van der Waals surface area contributed by atoms with Crippen molar-refractivity contribution in [1.29, 1.82) is 0 Å². The summed E-state index contributed by atoms with van der Waals surface area (Å²) in [6.07, 6.45) is 6.00. The number of allylic oxidation sites excluding steroid dienone is 2. The van der Waals surface area contributed by atoms with Crippen LogP contribution in [-0.2, 0) is 4.74 Å². The minimum atomic E-state index is -0.625. The number of aliphatic hydroxyl groups excluding tert-OH is 1. The molecule has 5 heteroatoms. The van der Waals surface area contributed by atoms with E-state index in [0.29, 0.717) is 13.1 Å². The maximum Gasteiger partial charge on any atom is 0.407 e. The van der Waals surface area contributed by atoms with Crippen molar-refractivity contribution in [2.24, 2.45) is 0 Å². The molecule has 5 nitrogen and oxygen atoms in total. The molecular formula is C12H20N2O3. The molecule has 0 spiro atoms. The van der Waals surface area contributed by atoms with Crippen molar-refractivity contribution in [3.63, 3.8) is 0 Å².